The molecule has 1 heterocycles. The number of aromatic nitrogens is 1. The second-order valence-corrected chi connectivity index (χ2v) is 4.92. The minimum atomic E-state index is -0.840. The molecule has 1 aromatic heterocycles. The van der Waals surface area contributed by atoms with Gasteiger partial charge in [-0.05, 0) is 36.0 Å². The molecule has 0 bridgehead atoms. The molecule has 0 saturated heterocycles. The van der Waals surface area contributed by atoms with Crippen LogP contribution >= 0.6 is 0 Å². The summed E-state index contributed by atoms with van der Waals surface area (Å²) in [6.45, 7) is 4.19. The summed E-state index contributed by atoms with van der Waals surface area (Å²) in [6, 6.07) is 2.99. The molecule has 0 amide bonds. The molecule has 14 heavy (non-hydrogen) atoms. The van der Waals surface area contributed by atoms with Gasteiger partial charge in [-0.3, -0.25) is 0 Å². The fraction of sp³-hybridized carbons (Fsp3) is 0.545. The van der Waals surface area contributed by atoms with Crippen LogP contribution in [0.5, 0.6) is 0 Å². The van der Waals surface area contributed by atoms with Crippen LogP contribution < -0.4 is 0 Å². The van der Waals surface area contributed by atoms with E-state index in [4.69, 9.17) is 0 Å². The van der Waals surface area contributed by atoms with Crippen molar-refractivity contribution in [3.05, 3.63) is 29.8 Å². The van der Waals surface area contributed by atoms with E-state index in [-0.39, 0.29) is 5.41 Å². The molecule has 3 heteroatoms. The van der Waals surface area contributed by atoms with E-state index in [1.54, 1.807) is 6.07 Å². The van der Waals surface area contributed by atoms with E-state index in [0.717, 1.165) is 0 Å². The van der Waals surface area contributed by atoms with Crippen LogP contribution in [0.2, 0.25) is 0 Å². The Kier molecular flexibility index (Phi) is 1.89. The highest BCUT2D eigenvalue weighted by Gasteiger charge is 2.49. The largest absolute Gasteiger partial charge is 0.385 e. The topological polar surface area (TPSA) is 33.1 Å². The lowest BCUT2D eigenvalue weighted by atomic mass is 9.59. The Balaban J connectivity index is 2.25. The zero-order valence-corrected chi connectivity index (χ0v) is 8.42. The van der Waals surface area contributed by atoms with E-state index >= 15 is 0 Å². The van der Waals surface area contributed by atoms with Crippen LogP contribution in [0.1, 0.15) is 32.3 Å². The van der Waals surface area contributed by atoms with Crippen molar-refractivity contribution >= 4 is 0 Å². The summed E-state index contributed by atoms with van der Waals surface area (Å²) in [4.78, 5) is 3.47. The number of nitrogens with zero attached hydrogens (tertiary/aromatic N) is 1. The molecule has 76 valence electrons. The molecule has 0 unspecified atom stereocenters. The second-order valence-electron chi connectivity index (χ2n) is 4.92. The highest BCUT2D eigenvalue weighted by Crippen LogP contribution is 2.53. The summed E-state index contributed by atoms with van der Waals surface area (Å²) in [5.41, 5.74) is -0.0359. The highest BCUT2D eigenvalue weighted by atomic mass is 19.1. The molecule has 1 saturated carbocycles. The molecular formula is C11H14FNO. The number of halogens is 1. The number of hydrogen-bond donors (Lipinski definition) is 1. The van der Waals surface area contributed by atoms with Crippen LogP contribution in [-0.2, 0) is 5.60 Å². The van der Waals surface area contributed by atoms with Gasteiger partial charge in [0.1, 0.15) is 0 Å². The average Bonchev–Trinajstić information content (AvgIpc) is 2.00. The molecule has 1 aliphatic carbocycles. The Bertz CT molecular complexity index is 354. The smallest absolute Gasteiger partial charge is 0.213 e. The van der Waals surface area contributed by atoms with Crippen molar-refractivity contribution in [2.45, 2.75) is 32.3 Å². The van der Waals surface area contributed by atoms with Crippen molar-refractivity contribution in [2.75, 3.05) is 0 Å². The molecule has 1 N–H and O–H groups in total. The van der Waals surface area contributed by atoms with E-state index < -0.39 is 11.5 Å². The van der Waals surface area contributed by atoms with Gasteiger partial charge in [-0.15, -0.1) is 0 Å². The quantitative estimate of drug-likeness (QED) is 0.697. The third-order valence-corrected chi connectivity index (χ3v) is 2.81. The standard InChI is InChI=1S/C11H14FNO/c1-10(2)6-11(14,7-10)8-3-4-13-9(12)5-8/h3-5,14H,6-7H2,1-2H3. The van der Waals surface area contributed by atoms with Gasteiger partial charge >= 0.3 is 0 Å². The van der Waals surface area contributed by atoms with E-state index in [0.29, 0.717) is 18.4 Å². The minimum Gasteiger partial charge on any atom is -0.385 e. The van der Waals surface area contributed by atoms with Crippen molar-refractivity contribution < 1.29 is 9.50 Å². The van der Waals surface area contributed by atoms with Crippen LogP contribution in [0.3, 0.4) is 0 Å². The lowest BCUT2D eigenvalue weighted by Gasteiger charge is -2.50. The Morgan fingerprint density at radius 2 is 2.07 bits per heavy atom. The van der Waals surface area contributed by atoms with Gasteiger partial charge in [0.05, 0.1) is 5.60 Å². The van der Waals surface area contributed by atoms with Crippen LogP contribution in [-0.4, -0.2) is 10.1 Å². The summed E-state index contributed by atoms with van der Waals surface area (Å²) in [5, 5.41) is 10.1. The lowest BCUT2D eigenvalue weighted by Crippen LogP contribution is -2.46. The van der Waals surface area contributed by atoms with Gasteiger partial charge in [-0.2, -0.15) is 4.39 Å². The number of aliphatic hydroxyl groups is 1. The summed E-state index contributed by atoms with van der Waals surface area (Å²) in [7, 11) is 0. The SMILES string of the molecule is CC1(C)CC(O)(c2ccnc(F)c2)C1. The molecule has 0 atom stereocenters. The van der Waals surface area contributed by atoms with E-state index in [9.17, 15) is 9.50 Å². The summed E-state index contributed by atoms with van der Waals surface area (Å²) >= 11 is 0. The van der Waals surface area contributed by atoms with Crippen molar-refractivity contribution in [2.24, 2.45) is 5.41 Å². The predicted octanol–water partition coefficient (Wildman–Crippen LogP) is 2.23. The predicted molar refractivity (Wildman–Crippen MR) is 51.1 cm³/mol. The van der Waals surface area contributed by atoms with E-state index in [1.165, 1.54) is 12.3 Å². The van der Waals surface area contributed by atoms with Gasteiger partial charge in [-0.25, -0.2) is 4.98 Å². The first-order chi connectivity index (χ1) is 6.41. The summed E-state index contributed by atoms with van der Waals surface area (Å²) in [6.07, 6.45) is 2.76. The first-order valence-corrected chi connectivity index (χ1v) is 4.76. The Labute approximate surface area is 82.8 Å². The zero-order chi connectivity index (χ0) is 10.4. The van der Waals surface area contributed by atoms with Crippen LogP contribution in [0.4, 0.5) is 4.39 Å². The fourth-order valence-corrected chi connectivity index (χ4v) is 2.43. The molecule has 0 radical (unpaired) electrons. The molecule has 2 rings (SSSR count). The Morgan fingerprint density at radius 1 is 1.43 bits per heavy atom. The van der Waals surface area contributed by atoms with E-state index in [1.807, 2.05) is 0 Å². The summed E-state index contributed by atoms with van der Waals surface area (Å²) in [5.74, 6) is -0.527. The minimum absolute atomic E-state index is 0.161. The molecule has 1 fully saturated rings. The van der Waals surface area contributed by atoms with Gasteiger partial charge in [0, 0.05) is 6.20 Å². The lowest BCUT2D eigenvalue weighted by molar-refractivity contribution is -0.119. The molecule has 2 nitrogen and oxygen atoms in total. The molecular weight excluding hydrogens is 181 g/mol. The average molecular weight is 195 g/mol. The van der Waals surface area contributed by atoms with E-state index in [2.05, 4.69) is 18.8 Å². The van der Waals surface area contributed by atoms with Crippen molar-refractivity contribution in [1.82, 2.24) is 4.98 Å². The van der Waals surface area contributed by atoms with Crippen LogP contribution in [0.15, 0.2) is 18.3 Å². The number of rotatable bonds is 1. The number of hydrogen-bond acceptors (Lipinski definition) is 2. The van der Waals surface area contributed by atoms with Gasteiger partial charge in [-0.1, -0.05) is 13.8 Å². The third kappa shape index (κ3) is 1.52. The maximum Gasteiger partial charge on any atom is 0.213 e. The molecule has 0 aliphatic heterocycles. The maximum atomic E-state index is 12.8. The third-order valence-electron chi connectivity index (χ3n) is 2.81. The Hall–Kier alpha value is -0.960. The zero-order valence-electron chi connectivity index (χ0n) is 8.42. The first kappa shape index (κ1) is 9.59. The molecule has 1 aromatic rings. The second kappa shape index (κ2) is 2.76. The van der Waals surface area contributed by atoms with Gasteiger partial charge < -0.3 is 5.11 Å². The Morgan fingerprint density at radius 3 is 2.57 bits per heavy atom. The van der Waals surface area contributed by atoms with Crippen molar-refractivity contribution in [3.8, 4) is 0 Å². The fourth-order valence-electron chi connectivity index (χ4n) is 2.43. The first-order valence-electron chi connectivity index (χ1n) is 4.76. The van der Waals surface area contributed by atoms with Gasteiger partial charge in [0.15, 0.2) is 0 Å². The summed E-state index contributed by atoms with van der Waals surface area (Å²) < 4.78 is 12.8. The molecule has 0 aromatic carbocycles. The van der Waals surface area contributed by atoms with Crippen LogP contribution in [0.25, 0.3) is 0 Å². The van der Waals surface area contributed by atoms with Crippen LogP contribution in [0, 0.1) is 11.4 Å². The van der Waals surface area contributed by atoms with Crippen molar-refractivity contribution in [3.63, 3.8) is 0 Å². The number of pyridine rings is 1. The van der Waals surface area contributed by atoms with Gasteiger partial charge in [0.25, 0.3) is 0 Å². The molecule has 1 aliphatic rings. The van der Waals surface area contributed by atoms with Crippen molar-refractivity contribution in [1.29, 1.82) is 0 Å². The maximum absolute atomic E-state index is 12.8. The molecule has 0 spiro atoms. The highest BCUT2D eigenvalue weighted by molar-refractivity contribution is 5.24. The normalized spacial score (nSPS) is 22.9. The monoisotopic (exact) mass is 195 g/mol. The van der Waals surface area contributed by atoms with Gasteiger partial charge in [0.2, 0.25) is 5.95 Å².